The summed E-state index contributed by atoms with van der Waals surface area (Å²) in [7, 11) is 0. The van der Waals surface area contributed by atoms with Gasteiger partial charge in [0, 0.05) is 11.6 Å². The monoisotopic (exact) mass is 438 g/mol. The summed E-state index contributed by atoms with van der Waals surface area (Å²) in [6.07, 6.45) is 2.13. The minimum absolute atomic E-state index is 0. The van der Waals surface area contributed by atoms with Gasteiger partial charge in [0.05, 0.1) is 25.4 Å². The van der Waals surface area contributed by atoms with Gasteiger partial charge in [-0.2, -0.15) is 4.80 Å². The second-order valence-corrected chi connectivity index (χ2v) is 5.88. The third-order valence-corrected chi connectivity index (χ3v) is 3.55. The third-order valence-electron chi connectivity index (χ3n) is 3.55. The summed E-state index contributed by atoms with van der Waals surface area (Å²) in [5, 5.41) is 20.4. The fourth-order valence-electron chi connectivity index (χ4n) is 2.28. The van der Waals surface area contributed by atoms with E-state index < -0.39 is 23.7 Å². The number of ether oxygens (including phenoxy) is 1. The molecule has 1 amide bonds. The molecular formula is C16H16ClFN8O4. The Morgan fingerprint density at radius 1 is 1.27 bits per heavy atom. The number of carboxylic acid groups (broad SMARTS) is 1. The van der Waals surface area contributed by atoms with Crippen LogP contribution in [0.25, 0.3) is 11.4 Å². The van der Waals surface area contributed by atoms with Crippen molar-refractivity contribution in [3.8, 4) is 22.9 Å². The molecule has 5 N–H and O–H groups in total. The quantitative estimate of drug-likeness (QED) is 0.444. The van der Waals surface area contributed by atoms with Crippen LogP contribution in [0.1, 0.15) is 17.0 Å². The molecule has 1 atom stereocenters. The summed E-state index contributed by atoms with van der Waals surface area (Å²) in [5.41, 5.74) is 11.0. The number of tetrazole rings is 1. The summed E-state index contributed by atoms with van der Waals surface area (Å²) in [5.74, 6) is -2.60. The van der Waals surface area contributed by atoms with Crippen LogP contribution in [0, 0.1) is 5.82 Å². The van der Waals surface area contributed by atoms with E-state index in [1.54, 1.807) is 0 Å². The molecule has 0 aliphatic heterocycles. The molecule has 158 valence electrons. The number of aromatic nitrogens is 6. The first-order valence-electron chi connectivity index (χ1n) is 8.16. The van der Waals surface area contributed by atoms with Crippen molar-refractivity contribution >= 4 is 24.3 Å². The summed E-state index contributed by atoms with van der Waals surface area (Å²) < 4.78 is 19.7. The largest absolute Gasteiger partial charge is 0.481 e. The minimum Gasteiger partial charge on any atom is -0.481 e. The standard InChI is InChI=1S/C16H15FN8O4.ClH/c17-11-3-8(15-22-24-25(23-15)7-9(18)4-13(26)27)1-2-12(11)29-10-5-20-16(14(19)28)21-6-10;/h1-3,5-6,9H,4,7,18H2,(H2,19,28)(H,26,27);1H/t9-;/m0./s1. The van der Waals surface area contributed by atoms with Crippen LogP contribution in [0.2, 0.25) is 0 Å². The summed E-state index contributed by atoms with van der Waals surface area (Å²) in [6, 6.07) is 3.32. The first-order valence-corrected chi connectivity index (χ1v) is 8.16. The van der Waals surface area contributed by atoms with Crippen molar-refractivity contribution < 1.29 is 23.8 Å². The number of hydrogen-bond acceptors (Lipinski definition) is 9. The van der Waals surface area contributed by atoms with Crippen molar-refractivity contribution in [1.29, 1.82) is 0 Å². The normalized spacial score (nSPS) is 11.4. The molecule has 0 radical (unpaired) electrons. The molecule has 0 saturated heterocycles. The number of primary amides is 1. The first kappa shape index (κ1) is 22.6. The van der Waals surface area contributed by atoms with Gasteiger partial charge in [0.2, 0.25) is 11.6 Å². The number of carboxylic acids is 1. The van der Waals surface area contributed by atoms with Gasteiger partial charge in [0.15, 0.2) is 17.3 Å². The van der Waals surface area contributed by atoms with Gasteiger partial charge in [-0.3, -0.25) is 9.59 Å². The Morgan fingerprint density at radius 2 is 1.97 bits per heavy atom. The minimum atomic E-state index is -1.04. The molecule has 14 heteroatoms. The van der Waals surface area contributed by atoms with Gasteiger partial charge in [-0.25, -0.2) is 14.4 Å². The molecule has 3 aromatic rings. The maximum absolute atomic E-state index is 14.4. The molecule has 12 nitrogen and oxygen atoms in total. The van der Waals surface area contributed by atoms with E-state index >= 15 is 0 Å². The van der Waals surface area contributed by atoms with Crippen molar-refractivity contribution in [2.75, 3.05) is 0 Å². The van der Waals surface area contributed by atoms with E-state index in [1.807, 2.05) is 0 Å². The van der Waals surface area contributed by atoms with Gasteiger partial charge in [-0.1, -0.05) is 0 Å². The molecule has 0 aliphatic carbocycles. The Hall–Kier alpha value is -3.71. The molecule has 2 aromatic heterocycles. The van der Waals surface area contributed by atoms with Crippen molar-refractivity contribution in [2.24, 2.45) is 11.5 Å². The van der Waals surface area contributed by atoms with E-state index in [2.05, 4.69) is 25.4 Å². The molecular weight excluding hydrogens is 423 g/mol. The van der Waals surface area contributed by atoms with Crippen molar-refractivity contribution in [1.82, 2.24) is 30.2 Å². The van der Waals surface area contributed by atoms with Crippen LogP contribution in [-0.2, 0) is 11.3 Å². The Kier molecular flexibility index (Phi) is 7.27. The molecule has 0 spiro atoms. The predicted octanol–water partition coefficient (Wildman–Crippen LogP) is 0.384. The summed E-state index contributed by atoms with van der Waals surface area (Å²) in [4.78, 5) is 30.1. The zero-order chi connectivity index (χ0) is 21.0. The zero-order valence-corrected chi connectivity index (χ0v) is 16.0. The number of hydrogen-bond donors (Lipinski definition) is 3. The second-order valence-electron chi connectivity index (χ2n) is 5.88. The van der Waals surface area contributed by atoms with Gasteiger partial charge < -0.3 is 21.3 Å². The number of carbonyl (C=O) groups excluding carboxylic acids is 1. The van der Waals surface area contributed by atoms with Crippen LogP contribution in [0.4, 0.5) is 4.39 Å². The average Bonchev–Trinajstić information content (AvgIpc) is 3.11. The SMILES string of the molecule is Cl.NC(=O)c1ncc(Oc2ccc(-c3nnn(C[C@@H](N)CC(=O)O)n3)cc2F)cn1. The fraction of sp³-hybridized carbons (Fsp3) is 0.188. The van der Waals surface area contributed by atoms with Gasteiger partial charge in [0.1, 0.15) is 0 Å². The Balaban J connectivity index is 0.00000320. The number of aliphatic carboxylic acids is 1. The third kappa shape index (κ3) is 5.65. The molecule has 3 rings (SSSR count). The van der Waals surface area contributed by atoms with Gasteiger partial charge in [0.25, 0.3) is 5.91 Å². The lowest BCUT2D eigenvalue weighted by atomic mass is 10.2. The summed E-state index contributed by atoms with van der Waals surface area (Å²) >= 11 is 0. The van der Waals surface area contributed by atoms with E-state index in [4.69, 9.17) is 21.3 Å². The van der Waals surface area contributed by atoms with Gasteiger partial charge in [-0.05, 0) is 23.4 Å². The Labute approximate surface area is 174 Å². The number of nitrogens with zero attached hydrogens (tertiary/aromatic N) is 6. The lowest BCUT2D eigenvalue weighted by Crippen LogP contribution is -2.30. The van der Waals surface area contributed by atoms with Gasteiger partial charge in [-0.15, -0.1) is 22.6 Å². The highest BCUT2D eigenvalue weighted by Crippen LogP contribution is 2.27. The van der Waals surface area contributed by atoms with Crippen molar-refractivity contribution in [2.45, 2.75) is 19.0 Å². The fourth-order valence-corrected chi connectivity index (χ4v) is 2.28. The highest BCUT2D eigenvalue weighted by atomic mass is 35.5. The zero-order valence-electron chi connectivity index (χ0n) is 15.2. The van der Waals surface area contributed by atoms with Crippen LogP contribution in [0.3, 0.4) is 0 Å². The maximum atomic E-state index is 14.4. The van der Waals surface area contributed by atoms with E-state index in [1.165, 1.54) is 24.5 Å². The number of benzene rings is 1. The van der Waals surface area contributed by atoms with Crippen molar-refractivity contribution in [3.63, 3.8) is 0 Å². The molecule has 1 aromatic carbocycles. The second kappa shape index (κ2) is 9.67. The number of amides is 1. The first-order chi connectivity index (χ1) is 13.8. The van der Waals surface area contributed by atoms with Crippen LogP contribution in [0.5, 0.6) is 11.5 Å². The molecule has 2 heterocycles. The molecule has 30 heavy (non-hydrogen) atoms. The topological polar surface area (TPSA) is 185 Å². The lowest BCUT2D eigenvalue weighted by molar-refractivity contribution is -0.137. The van der Waals surface area contributed by atoms with E-state index in [-0.39, 0.29) is 48.5 Å². The molecule has 0 aliphatic rings. The van der Waals surface area contributed by atoms with E-state index in [0.29, 0.717) is 5.56 Å². The molecule has 0 bridgehead atoms. The van der Waals surface area contributed by atoms with Crippen molar-refractivity contribution in [3.05, 3.63) is 42.2 Å². The number of carbonyl (C=O) groups is 2. The molecule has 0 fully saturated rings. The lowest BCUT2D eigenvalue weighted by Gasteiger charge is -2.07. The van der Waals surface area contributed by atoms with Crippen LogP contribution in [-0.4, -0.2) is 53.2 Å². The number of rotatable bonds is 8. The van der Waals surface area contributed by atoms with Crippen LogP contribution >= 0.6 is 12.4 Å². The highest BCUT2D eigenvalue weighted by molar-refractivity contribution is 5.88. The van der Waals surface area contributed by atoms with Crippen LogP contribution in [0.15, 0.2) is 30.6 Å². The average molecular weight is 439 g/mol. The summed E-state index contributed by atoms with van der Waals surface area (Å²) in [6.45, 7) is 0.0459. The van der Waals surface area contributed by atoms with E-state index in [9.17, 15) is 14.0 Å². The maximum Gasteiger partial charge on any atom is 0.304 e. The smallest absolute Gasteiger partial charge is 0.304 e. The number of halogens is 2. The highest BCUT2D eigenvalue weighted by Gasteiger charge is 2.14. The van der Waals surface area contributed by atoms with Gasteiger partial charge >= 0.3 is 5.97 Å². The van der Waals surface area contributed by atoms with E-state index in [0.717, 1.165) is 10.9 Å². The Morgan fingerprint density at radius 3 is 2.57 bits per heavy atom. The molecule has 0 saturated carbocycles. The predicted molar refractivity (Wildman–Crippen MR) is 101 cm³/mol. The number of nitrogens with two attached hydrogens (primary N) is 2. The Bertz CT molecular complexity index is 1050. The van der Waals surface area contributed by atoms with Crippen LogP contribution < -0.4 is 16.2 Å². The molecule has 0 unspecified atom stereocenters.